The minimum Gasteiger partial charge on any atom is -0.361 e. The normalized spacial score (nSPS) is 26.6. The Hall–Kier alpha value is -1.31. The van der Waals surface area contributed by atoms with Gasteiger partial charge in [-0.05, 0) is 39.7 Å². The van der Waals surface area contributed by atoms with Crippen LogP contribution in [-0.4, -0.2) is 23.8 Å². The fourth-order valence-electron chi connectivity index (χ4n) is 3.60. The number of anilines is 1. The maximum Gasteiger partial charge on any atom is 0.0703 e. The SMILES string of the molecule is CC(C)(C)N1c2ccccc2C=NC2CCCCC21. The average Bonchev–Trinajstić information content (AvgIpc) is 2.54. The van der Waals surface area contributed by atoms with Gasteiger partial charge in [0, 0.05) is 23.0 Å². The minimum absolute atomic E-state index is 0.143. The van der Waals surface area contributed by atoms with Crippen LogP contribution in [0.1, 0.15) is 52.0 Å². The van der Waals surface area contributed by atoms with Gasteiger partial charge in [0.15, 0.2) is 0 Å². The van der Waals surface area contributed by atoms with E-state index >= 15 is 0 Å². The van der Waals surface area contributed by atoms with Crippen LogP contribution >= 0.6 is 0 Å². The topological polar surface area (TPSA) is 15.6 Å². The lowest BCUT2D eigenvalue weighted by atomic mass is 9.86. The second-order valence-corrected chi connectivity index (χ2v) is 6.80. The summed E-state index contributed by atoms with van der Waals surface area (Å²) in [5.41, 5.74) is 2.77. The molecule has 2 unspecified atom stereocenters. The first-order chi connectivity index (χ1) is 9.07. The number of aliphatic imine (C=N–C) groups is 1. The Balaban J connectivity index is 2.11. The van der Waals surface area contributed by atoms with E-state index < -0.39 is 0 Å². The van der Waals surface area contributed by atoms with E-state index in [1.54, 1.807) is 0 Å². The first kappa shape index (κ1) is 12.7. The maximum absolute atomic E-state index is 4.88. The molecule has 2 aliphatic rings. The summed E-state index contributed by atoms with van der Waals surface area (Å²) in [6.07, 6.45) is 7.28. The lowest BCUT2D eigenvalue weighted by molar-refractivity contribution is 0.321. The van der Waals surface area contributed by atoms with Crippen LogP contribution in [0.5, 0.6) is 0 Å². The maximum atomic E-state index is 4.88. The van der Waals surface area contributed by atoms with Crippen LogP contribution in [0.4, 0.5) is 5.69 Å². The Morgan fingerprint density at radius 1 is 1.11 bits per heavy atom. The highest BCUT2D eigenvalue weighted by Crippen LogP contribution is 2.37. The summed E-state index contributed by atoms with van der Waals surface area (Å²) in [6.45, 7) is 6.96. The van der Waals surface area contributed by atoms with Crippen LogP contribution in [0.15, 0.2) is 29.3 Å². The van der Waals surface area contributed by atoms with Crippen molar-refractivity contribution in [3.8, 4) is 0 Å². The van der Waals surface area contributed by atoms with Crippen molar-refractivity contribution in [2.24, 2.45) is 4.99 Å². The van der Waals surface area contributed by atoms with Gasteiger partial charge in [-0.25, -0.2) is 0 Å². The highest BCUT2D eigenvalue weighted by Gasteiger charge is 2.37. The van der Waals surface area contributed by atoms with Crippen LogP contribution < -0.4 is 4.90 Å². The zero-order chi connectivity index (χ0) is 13.5. The van der Waals surface area contributed by atoms with E-state index in [1.807, 2.05) is 0 Å². The van der Waals surface area contributed by atoms with E-state index in [4.69, 9.17) is 4.99 Å². The summed E-state index contributed by atoms with van der Waals surface area (Å²) >= 11 is 0. The summed E-state index contributed by atoms with van der Waals surface area (Å²) in [4.78, 5) is 7.51. The molecule has 0 spiro atoms. The van der Waals surface area contributed by atoms with Gasteiger partial charge in [0.2, 0.25) is 0 Å². The third-order valence-electron chi connectivity index (χ3n) is 4.35. The van der Waals surface area contributed by atoms with Crippen LogP contribution in [0.3, 0.4) is 0 Å². The van der Waals surface area contributed by atoms with Crippen LogP contribution in [0, 0.1) is 0 Å². The molecule has 1 aromatic rings. The molecule has 19 heavy (non-hydrogen) atoms. The van der Waals surface area contributed by atoms with Gasteiger partial charge in [-0.15, -0.1) is 0 Å². The molecule has 1 aliphatic heterocycles. The van der Waals surface area contributed by atoms with Crippen molar-refractivity contribution in [3.05, 3.63) is 29.8 Å². The molecule has 0 N–H and O–H groups in total. The van der Waals surface area contributed by atoms with Crippen molar-refractivity contribution in [2.45, 2.75) is 64.1 Å². The largest absolute Gasteiger partial charge is 0.361 e. The number of hydrogen-bond acceptors (Lipinski definition) is 2. The molecule has 0 aromatic heterocycles. The molecular weight excluding hydrogens is 232 g/mol. The van der Waals surface area contributed by atoms with Crippen molar-refractivity contribution >= 4 is 11.9 Å². The third-order valence-corrected chi connectivity index (χ3v) is 4.35. The summed E-state index contributed by atoms with van der Waals surface area (Å²) < 4.78 is 0. The fourth-order valence-corrected chi connectivity index (χ4v) is 3.60. The zero-order valence-corrected chi connectivity index (χ0v) is 12.3. The second kappa shape index (κ2) is 4.66. The molecule has 1 aliphatic carbocycles. The Labute approximate surface area is 116 Å². The number of fused-ring (bicyclic) bond motifs is 2. The van der Waals surface area contributed by atoms with E-state index in [-0.39, 0.29) is 5.54 Å². The number of hydrogen-bond donors (Lipinski definition) is 0. The first-order valence-corrected chi connectivity index (χ1v) is 7.49. The molecule has 1 saturated carbocycles. The molecular formula is C17H24N2. The molecule has 1 heterocycles. The molecule has 0 amide bonds. The average molecular weight is 256 g/mol. The van der Waals surface area contributed by atoms with Crippen molar-refractivity contribution in [1.29, 1.82) is 0 Å². The second-order valence-electron chi connectivity index (χ2n) is 6.80. The standard InChI is InChI=1S/C17H24N2/c1-17(2,3)19-15-10-6-4-8-13(15)12-18-14-9-5-7-11-16(14)19/h4,6,8,10,12,14,16H,5,7,9,11H2,1-3H3. The molecule has 2 nitrogen and oxygen atoms in total. The molecule has 1 aromatic carbocycles. The van der Waals surface area contributed by atoms with Crippen LogP contribution in [0.2, 0.25) is 0 Å². The van der Waals surface area contributed by atoms with Gasteiger partial charge in [0.1, 0.15) is 0 Å². The predicted octanol–water partition coefficient (Wildman–Crippen LogP) is 4.04. The third kappa shape index (κ3) is 2.29. The molecule has 0 radical (unpaired) electrons. The predicted molar refractivity (Wildman–Crippen MR) is 82.3 cm³/mol. The van der Waals surface area contributed by atoms with Crippen molar-refractivity contribution in [3.63, 3.8) is 0 Å². The van der Waals surface area contributed by atoms with Crippen molar-refractivity contribution in [2.75, 3.05) is 4.90 Å². The van der Waals surface area contributed by atoms with Gasteiger partial charge in [-0.3, -0.25) is 4.99 Å². The smallest absolute Gasteiger partial charge is 0.0703 e. The highest BCUT2D eigenvalue weighted by molar-refractivity contribution is 5.89. The molecule has 2 heteroatoms. The summed E-state index contributed by atoms with van der Waals surface area (Å²) in [5.74, 6) is 0. The van der Waals surface area contributed by atoms with E-state index in [9.17, 15) is 0 Å². The van der Waals surface area contributed by atoms with Crippen LogP contribution in [0.25, 0.3) is 0 Å². The summed E-state index contributed by atoms with van der Waals surface area (Å²) in [7, 11) is 0. The van der Waals surface area contributed by atoms with E-state index in [0.717, 1.165) is 0 Å². The first-order valence-electron chi connectivity index (χ1n) is 7.49. The lowest BCUT2D eigenvalue weighted by Crippen LogP contribution is -2.53. The molecule has 102 valence electrons. The number of rotatable bonds is 0. The molecule has 0 bridgehead atoms. The number of para-hydroxylation sites is 1. The summed E-state index contributed by atoms with van der Waals surface area (Å²) in [6, 6.07) is 9.74. The van der Waals surface area contributed by atoms with E-state index in [2.05, 4.69) is 56.2 Å². The Morgan fingerprint density at radius 3 is 2.63 bits per heavy atom. The van der Waals surface area contributed by atoms with Gasteiger partial charge in [-0.1, -0.05) is 31.0 Å². The Morgan fingerprint density at radius 2 is 1.84 bits per heavy atom. The van der Waals surface area contributed by atoms with Gasteiger partial charge >= 0.3 is 0 Å². The van der Waals surface area contributed by atoms with E-state index in [0.29, 0.717) is 12.1 Å². The van der Waals surface area contributed by atoms with Crippen LogP contribution in [-0.2, 0) is 0 Å². The zero-order valence-electron chi connectivity index (χ0n) is 12.3. The van der Waals surface area contributed by atoms with Crippen molar-refractivity contribution < 1.29 is 0 Å². The van der Waals surface area contributed by atoms with Gasteiger partial charge < -0.3 is 4.90 Å². The highest BCUT2D eigenvalue weighted by atomic mass is 15.2. The van der Waals surface area contributed by atoms with Gasteiger partial charge in [0.05, 0.1) is 12.1 Å². The molecule has 1 fully saturated rings. The van der Waals surface area contributed by atoms with Crippen molar-refractivity contribution in [1.82, 2.24) is 0 Å². The molecule has 3 rings (SSSR count). The van der Waals surface area contributed by atoms with E-state index in [1.165, 1.54) is 36.9 Å². The Kier molecular flexibility index (Phi) is 3.12. The molecule has 0 saturated heterocycles. The van der Waals surface area contributed by atoms with Gasteiger partial charge in [0.25, 0.3) is 0 Å². The minimum atomic E-state index is 0.143. The number of benzene rings is 1. The Bertz CT molecular complexity index is 484. The monoisotopic (exact) mass is 256 g/mol. The number of nitrogens with zero attached hydrogens (tertiary/aromatic N) is 2. The molecule has 2 atom stereocenters. The fraction of sp³-hybridized carbons (Fsp3) is 0.588. The summed E-state index contributed by atoms with van der Waals surface area (Å²) in [5, 5.41) is 0. The quantitative estimate of drug-likeness (QED) is 0.684. The lowest BCUT2D eigenvalue weighted by Gasteiger charge is -2.47. The van der Waals surface area contributed by atoms with Gasteiger partial charge in [-0.2, -0.15) is 0 Å².